The zero-order chi connectivity index (χ0) is 20.0. The molecule has 27 heavy (non-hydrogen) atoms. The van der Waals surface area contributed by atoms with Gasteiger partial charge in [0.05, 0.1) is 5.75 Å². The molecule has 0 heterocycles. The number of anilines is 2. The number of aryl methyl sites for hydroxylation is 2. The average molecular weight is 385 g/mol. The monoisotopic (exact) mass is 384 g/mol. The first-order valence-corrected chi connectivity index (χ1v) is 10.0. The van der Waals surface area contributed by atoms with Crippen LogP contribution in [0.5, 0.6) is 0 Å². The Bertz CT molecular complexity index is 788. The number of carbonyl (C=O) groups is 2. The van der Waals surface area contributed by atoms with E-state index in [1.54, 1.807) is 0 Å². The number of amides is 2. The van der Waals surface area contributed by atoms with Crippen LogP contribution in [0.3, 0.4) is 0 Å². The number of para-hydroxylation sites is 1. The van der Waals surface area contributed by atoms with Crippen LogP contribution < -0.4 is 10.6 Å². The highest BCUT2D eigenvalue weighted by Gasteiger charge is 2.16. The van der Waals surface area contributed by atoms with Gasteiger partial charge in [0.2, 0.25) is 11.8 Å². The third-order valence-electron chi connectivity index (χ3n) is 3.94. The van der Waals surface area contributed by atoms with Gasteiger partial charge in [-0.1, -0.05) is 39.0 Å². The minimum atomic E-state index is -0.0390. The molecule has 0 aliphatic rings. The lowest BCUT2D eigenvalue weighted by molar-refractivity contribution is -0.118. The second-order valence-electron chi connectivity index (χ2n) is 7.91. The summed E-state index contributed by atoms with van der Waals surface area (Å²) in [5.74, 6) is 0.319. The summed E-state index contributed by atoms with van der Waals surface area (Å²) in [5, 5.41) is 5.90. The number of carbonyl (C=O) groups excluding carboxylic acids is 2. The highest BCUT2D eigenvalue weighted by molar-refractivity contribution is 8.00. The Kier molecular flexibility index (Phi) is 7.08. The van der Waals surface area contributed by atoms with E-state index in [-0.39, 0.29) is 17.2 Å². The number of thioether (sulfide) groups is 1. The fourth-order valence-corrected chi connectivity index (χ4v) is 3.36. The lowest BCUT2D eigenvalue weighted by atomic mass is 9.92. The van der Waals surface area contributed by atoms with Crippen molar-refractivity contribution >= 4 is 35.0 Å². The van der Waals surface area contributed by atoms with Crippen molar-refractivity contribution in [3.63, 3.8) is 0 Å². The molecule has 0 fully saturated rings. The fraction of sp³-hybridized carbons (Fsp3) is 0.364. The van der Waals surface area contributed by atoms with Crippen LogP contribution >= 0.6 is 11.8 Å². The maximum atomic E-state index is 12.2. The predicted octanol–water partition coefficient (Wildman–Crippen LogP) is 5.41. The number of rotatable bonds is 6. The molecule has 5 heteroatoms. The van der Waals surface area contributed by atoms with E-state index in [2.05, 4.69) is 10.6 Å². The average Bonchev–Trinajstić information content (AvgIpc) is 2.56. The second kappa shape index (κ2) is 9.09. The third-order valence-corrected chi connectivity index (χ3v) is 4.96. The van der Waals surface area contributed by atoms with Crippen molar-refractivity contribution in [1.29, 1.82) is 0 Å². The molecule has 0 aliphatic heterocycles. The first kappa shape index (κ1) is 21.0. The van der Waals surface area contributed by atoms with E-state index < -0.39 is 0 Å². The normalized spacial score (nSPS) is 11.1. The van der Waals surface area contributed by atoms with E-state index in [0.29, 0.717) is 12.2 Å². The van der Waals surface area contributed by atoms with E-state index in [0.717, 1.165) is 27.4 Å². The van der Waals surface area contributed by atoms with Gasteiger partial charge < -0.3 is 10.6 Å². The maximum absolute atomic E-state index is 12.2. The van der Waals surface area contributed by atoms with Crippen molar-refractivity contribution in [1.82, 2.24) is 0 Å². The zero-order valence-electron chi connectivity index (χ0n) is 16.7. The molecule has 2 aromatic rings. The van der Waals surface area contributed by atoms with Crippen molar-refractivity contribution in [2.75, 3.05) is 16.4 Å². The maximum Gasteiger partial charge on any atom is 0.234 e. The van der Waals surface area contributed by atoms with Gasteiger partial charge in [0.25, 0.3) is 0 Å². The Morgan fingerprint density at radius 2 is 1.48 bits per heavy atom. The second-order valence-corrected chi connectivity index (χ2v) is 8.96. The Labute approximate surface area is 166 Å². The first-order chi connectivity index (χ1) is 12.6. The summed E-state index contributed by atoms with van der Waals surface area (Å²) in [6, 6.07) is 13.5. The van der Waals surface area contributed by atoms with Crippen LogP contribution in [0, 0.1) is 19.3 Å². The Hall–Kier alpha value is -2.27. The van der Waals surface area contributed by atoms with Gasteiger partial charge in [-0.15, -0.1) is 11.8 Å². The van der Waals surface area contributed by atoms with Gasteiger partial charge in [0.15, 0.2) is 0 Å². The van der Waals surface area contributed by atoms with Gasteiger partial charge in [0.1, 0.15) is 0 Å². The molecule has 0 radical (unpaired) electrons. The van der Waals surface area contributed by atoms with Crippen LogP contribution in [0.2, 0.25) is 0 Å². The summed E-state index contributed by atoms with van der Waals surface area (Å²) in [6.07, 6.45) is 0.474. The molecule has 2 rings (SSSR count). The largest absolute Gasteiger partial charge is 0.326 e. The lowest BCUT2D eigenvalue weighted by Gasteiger charge is -2.17. The third kappa shape index (κ3) is 7.10. The molecule has 0 bridgehead atoms. The fourth-order valence-electron chi connectivity index (χ4n) is 2.66. The summed E-state index contributed by atoms with van der Waals surface area (Å²) < 4.78 is 0. The number of hydrogen-bond donors (Lipinski definition) is 2. The quantitative estimate of drug-likeness (QED) is 0.655. The molecule has 2 aromatic carbocycles. The minimum absolute atomic E-state index is 0.0101. The SMILES string of the molecule is Cc1cccc(C)c1NC(=O)CSc1ccc(NC(=O)CC(C)(C)C)cc1. The van der Waals surface area contributed by atoms with Gasteiger partial charge >= 0.3 is 0 Å². The van der Waals surface area contributed by atoms with E-state index in [1.807, 2.05) is 77.1 Å². The Morgan fingerprint density at radius 1 is 0.889 bits per heavy atom. The van der Waals surface area contributed by atoms with Gasteiger partial charge in [-0.25, -0.2) is 0 Å². The summed E-state index contributed by atoms with van der Waals surface area (Å²) in [6.45, 7) is 10.1. The first-order valence-electron chi connectivity index (χ1n) is 9.03. The highest BCUT2D eigenvalue weighted by atomic mass is 32.2. The molecule has 0 unspecified atom stereocenters. The summed E-state index contributed by atoms with van der Waals surface area (Å²) >= 11 is 1.47. The summed E-state index contributed by atoms with van der Waals surface area (Å²) in [5.41, 5.74) is 3.74. The van der Waals surface area contributed by atoms with Crippen molar-refractivity contribution in [3.05, 3.63) is 53.6 Å². The molecule has 0 atom stereocenters. The topological polar surface area (TPSA) is 58.2 Å². The number of hydrogen-bond acceptors (Lipinski definition) is 3. The molecule has 144 valence electrons. The van der Waals surface area contributed by atoms with Crippen LogP contribution in [0.15, 0.2) is 47.4 Å². The molecule has 2 amide bonds. The van der Waals surface area contributed by atoms with Crippen molar-refractivity contribution in [2.45, 2.75) is 45.9 Å². The van der Waals surface area contributed by atoms with Gasteiger partial charge in [0, 0.05) is 22.7 Å². The van der Waals surface area contributed by atoms with Gasteiger partial charge in [-0.3, -0.25) is 9.59 Å². The molecule has 0 saturated carbocycles. The molecule has 0 aliphatic carbocycles. The van der Waals surface area contributed by atoms with Crippen LogP contribution in [0.1, 0.15) is 38.3 Å². The Morgan fingerprint density at radius 3 is 2.04 bits per heavy atom. The molecule has 0 saturated heterocycles. The minimum Gasteiger partial charge on any atom is -0.326 e. The molecular weight excluding hydrogens is 356 g/mol. The molecular formula is C22H28N2O2S. The standard InChI is InChI=1S/C22H28N2O2S/c1-15-7-6-8-16(2)21(15)24-20(26)14-27-18-11-9-17(10-12-18)23-19(25)13-22(3,4)5/h6-12H,13-14H2,1-5H3,(H,23,25)(H,24,26). The van der Waals surface area contributed by atoms with Gasteiger partial charge in [-0.2, -0.15) is 0 Å². The van der Waals surface area contributed by atoms with E-state index in [4.69, 9.17) is 0 Å². The number of nitrogens with one attached hydrogen (secondary N) is 2. The predicted molar refractivity (Wildman–Crippen MR) is 114 cm³/mol. The summed E-state index contributed by atoms with van der Waals surface area (Å²) in [4.78, 5) is 25.2. The molecule has 2 N–H and O–H groups in total. The van der Waals surface area contributed by atoms with Crippen molar-refractivity contribution in [2.24, 2.45) is 5.41 Å². The zero-order valence-corrected chi connectivity index (χ0v) is 17.5. The van der Waals surface area contributed by atoms with E-state index >= 15 is 0 Å². The van der Waals surface area contributed by atoms with E-state index in [1.165, 1.54) is 11.8 Å². The van der Waals surface area contributed by atoms with Crippen molar-refractivity contribution in [3.8, 4) is 0 Å². The van der Waals surface area contributed by atoms with Crippen LogP contribution in [-0.2, 0) is 9.59 Å². The van der Waals surface area contributed by atoms with Crippen molar-refractivity contribution < 1.29 is 9.59 Å². The summed E-state index contributed by atoms with van der Waals surface area (Å²) in [7, 11) is 0. The molecule has 0 spiro atoms. The molecule has 0 aromatic heterocycles. The van der Waals surface area contributed by atoms with Crippen LogP contribution in [0.25, 0.3) is 0 Å². The lowest BCUT2D eigenvalue weighted by Crippen LogP contribution is -2.19. The molecule has 4 nitrogen and oxygen atoms in total. The highest BCUT2D eigenvalue weighted by Crippen LogP contribution is 2.24. The van der Waals surface area contributed by atoms with E-state index in [9.17, 15) is 9.59 Å². The van der Waals surface area contributed by atoms with Crippen LogP contribution in [0.4, 0.5) is 11.4 Å². The van der Waals surface area contributed by atoms with Gasteiger partial charge in [-0.05, 0) is 54.7 Å². The Balaban J connectivity index is 1.86. The smallest absolute Gasteiger partial charge is 0.234 e. The van der Waals surface area contributed by atoms with Crippen LogP contribution in [-0.4, -0.2) is 17.6 Å². The number of benzene rings is 2.